The second-order valence-corrected chi connectivity index (χ2v) is 6.18. The molecule has 1 saturated heterocycles. The van der Waals surface area contributed by atoms with Gasteiger partial charge in [-0.1, -0.05) is 30.3 Å². The second-order valence-electron chi connectivity index (χ2n) is 6.18. The molecular weight excluding hydrogens is 352 g/mol. The van der Waals surface area contributed by atoms with Crippen LogP contribution in [0.1, 0.15) is 12.8 Å². The van der Waals surface area contributed by atoms with Crippen molar-refractivity contribution >= 4 is 24.0 Å². The summed E-state index contributed by atoms with van der Waals surface area (Å²) in [6.07, 6.45) is 1.34. The molecule has 0 aromatic heterocycles. The highest BCUT2D eigenvalue weighted by atomic mass is 35.5. The third kappa shape index (κ3) is 4.18. The molecule has 6 heteroatoms. The van der Waals surface area contributed by atoms with Crippen LogP contribution in [0, 0.1) is 0 Å². The molecule has 26 heavy (non-hydrogen) atoms. The van der Waals surface area contributed by atoms with Crippen LogP contribution in [-0.4, -0.2) is 38.8 Å². The van der Waals surface area contributed by atoms with Crippen LogP contribution >= 0.6 is 12.4 Å². The minimum atomic E-state index is -0.758. The quantitative estimate of drug-likeness (QED) is 0.838. The SMILES string of the molecule is COc1ccccc1-c1cccc(NC(=O)C2(OC)CCNCC2)c1.Cl. The number of hydrogen-bond acceptors (Lipinski definition) is 4. The van der Waals surface area contributed by atoms with E-state index in [0.29, 0.717) is 12.8 Å². The molecule has 1 heterocycles. The van der Waals surface area contributed by atoms with Crippen molar-refractivity contribution < 1.29 is 14.3 Å². The predicted octanol–water partition coefficient (Wildman–Crippen LogP) is 3.49. The third-order valence-electron chi connectivity index (χ3n) is 4.75. The third-order valence-corrected chi connectivity index (χ3v) is 4.75. The molecule has 0 spiro atoms. The minimum absolute atomic E-state index is 0. The van der Waals surface area contributed by atoms with Crippen LogP contribution in [-0.2, 0) is 9.53 Å². The van der Waals surface area contributed by atoms with Gasteiger partial charge in [0.2, 0.25) is 0 Å². The number of carbonyl (C=O) groups excluding carboxylic acids is 1. The molecule has 0 aliphatic carbocycles. The van der Waals surface area contributed by atoms with E-state index in [0.717, 1.165) is 35.7 Å². The topological polar surface area (TPSA) is 59.6 Å². The van der Waals surface area contributed by atoms with E-state index in [1.54, 1.807) is 14.2 Å². The molecule has 2 aromatic rings. The van der Waals surface area contributed by atoms with Gasteiger partial charge < -0.3 is 20.1 Å². The number of ether oxygens (including phenoxy) is 2. The maximum atomic E-state index is 12.8. The predicted molar refractivity (Wildman–Crippen MR) is 106 cm³/mol. The van der Waals surface area contributed by atoms with E-state index in [4.69, 9.17) is 9.47 Å². The highest BCUT2D eigenvalue weighted by molar-refractivity contribution is 5.98. The van der Waals surface area contributed by atoms with E-state index >= 15 is 0 Å². The van der Waals surface area contributed by atoms with Crippen molar-refractivity contribution in [2.45, 2.75) is 18.4 Å². The Morgan fingerprint density at radius 3 is 2.50 bits per heavy atom. The Morgan fingerprint density at radius 1 is 1.08 bits per heavy atom. The molecule has 0 bridgehead atoms. The molecule has 2 N–H and O–H groups in total. The number of nitrogens with one attached hydrogen (secondary N) is 2. The van der Waals surface area contributed by atoms with E-state index in [1.807, 2.05) is 48.5 Å². The molecule has 1 aliphatic rings. The number of carbonyl (C=O) groups is 1. The normalized spacial score (nSPS) is 15.6. The second kappa shape index (κ2) is 9.03. The first-order valence-electron chi connectivity index (χ1n) is 8.49. The Hall–Kier alpha value is -2.08. The first-order chi connectivity index (χ1) is 12.2. The molecule has 2 aromatic carbocycles. The minimum Gasteiger partial charge on any atom is -0.496 e. The highest BCUT2D eigenvalue weighted by Crippen LogP contribution is 2.31. The van der Waals surface area contributed by atoms with E-state index in [-0.39, 0.29) is 18.3 Å². The summed E-state index contributed by atoms with van der Waals surface area (Å²) in [5.41, 5.74) is 1.98. The maximum absolute atomic E-state index is 12.8. The summed E-state index contributed by atoms with van der Waals surface area (Å²) in [4.78, 5) is 12.8. The summed E-state index contributed by atoms with van der Waals surface area (Å²) in [6, 6.07) is 15.6. The zero-order valence-corrected chi connectivity index (χ0v) is 15.9. The van der Waals surface area contributed by atoms with Gasteiger partial charge in [-0.15, -0.1) is 12.4 Å². The fourth-order valence-corrected chi connectivity index (χ4v) is 3.25. The van der Waals surface area contributed by atoms with Gasteiger partial charge in [0.25, 0.3) is 5.91 Å². The van der Waals surface area contributed by atoms with Gasteiger partial charge in [-0.2, -0.15) is 0 Å². The van der Waals surface area contributed by atoms with Crippen LogP contribution < -0.4 is 15.4 Å². The standard InChI is InChI=1S/C20H24N2O3.ClH/c1-24-18-9-4-3-8-17(18)15-6-5-7-16(14-15)22-19(23)20(25-2)10-12-21-13-11-20;/h3-9,14,21H,10-13H2,1-2H3,(H,22,23);1H. The Balaban J connectivity index is 0.00000243. The van der Waals surface area contributed by atoms with Crippen molar-refractivity contribution in [3.05, 3.63) is 48.5 Å². The summed E-state index contributed by atoms with van der Waals surface area (Å²) in [6.45, 7) is 1.56. The fraction of sp³-hybridized carbons (Fsp3) is 0.350. The van der Waals surface area contributed by atoms with Crippen molar-refractivity contribution in [1.82, 2.24) is 5.32 Å². The number of methoxy groups -OCH3 is 2. The van der Waals surface area contributed by atoms with Gasteiger partial charge in [0.1, 0.15) is 11.4 Å². The van der Waals surface area contributed by atoms with Crippen LogP contribution in [0.2, 0.25) is 0 Å². The van der Waals surface area contributed by atoms with E-state index in [9.17, 15) is 4.79 Å². The largest absolute Gasteiger partial charge is 0.496 e. The summed E-state index contributed by atoms with van der Waals surface area (Å²) in [5, 5.41) is 6.28. The summed E-state index contributed by atoms with van der Waals surface area (Å²) in [5.74, 6) is 0.714. The van der Waals surface area contributed by atoms with Crippen molar-refractivity contribution in [2.75, 3.05) is 32.6 Å². The first-order valence-corrected chi connectivity index (χ1v) is 8.49. The lowest BCUT2D eigenvalue weighted by atomic mass is 9.91. The molecule has 1 fully saturated rings. The first kappa shape index (κ1) is 20.2. The molecule has 0 atom stereocenters. The van der Waals surface area contributed by atoms with E-state index < -0.39 is 5.60 Å². The molecule has 0 saturated carbocycles. The number of anilines is 1. The lowest BCUT2D eigenvalue weighted by Gasteiger charge is -2.34. The van der Waals surface area contributed by atoms with E-state index in [2.05, 4.69) is 10.6 Å². The number of piperidine rings is 1. The number of para-hydroxylation sites is 1. The molecule has 0 unspecified atom stereocenters. The van der Waals surface area contributed by atoms with Gasteiger partial charge in [-0.25, -0.2) is 0 Å². The highest BCUT2D eigenvalue weighted by Gasteiger charge is 2.39. The van der Waals surface area contributed by atoms with Crippen molar-refractivity contribution in [2.24, 2.45) is 0 Å². The molecule has 140 valence electrons. The number of amides is 1. The van der Waals surface area contributed by atoms with Crippen molar-refractivity contribution in [1.29, 1.82) is 0 Å². The van der Waals surface area contributed by atoms with E-state index in [1.165, 1.54) is 0 Å². The Bertz CT molecular complexity index is 745. The van der Waals surface area contributed by atoms with Gasteiger partial charge >= 0.3 is 0 Å². The van der Waals surface area contributed by atoms with Crippen LogP contribution in [0.5, 0.6) is 5.75 Å². The summed E-state index contributed by atoms with van der Waals surface area (Å²) < 4.78 is 11.0. The molecule has 1 amide bonds. The summed E-state index contributed by atoms with van der Waals surface area (Å²) in [7, 11) is 3.26. The van der Waals surface area contributed by atoms with Gasteiger partial charge in [0, 0.05) is 18.4 Å². The van der Waals surface area contributed by atoms with Crippen LogP contribution in [0.15, 0.2) is 48.5 Å². The molecule has 0 radical (unpaired) electrons. The Kier molecular flexibility index (Phi) is 7.03. The van der Waals surface area contributed by atoms with Crippen molar-refractivity contribution in [3.63, 3.8) is 0 Å². The Labute approximate surface area is 160 Å². The average molecular weight is 377 g/mol. The number of rotatable bonds is 5. The molecule has 5 nitrogen and oxygen atoms in total. The molecular formula is C20H25ClN2O3. The monoisotopic (exact) mass is 376 g/mol. The zero-order chi connectivity index (χ0) is 17.7. The fourth-order valence-electron chi connectivity index (χ4n) is 3.25. The average Bonchev–Trinajstić information content (AvgIpc) is 2.68. The smallest absolute Gasteiger partial charge is 0.256 e. The number of halogens is 1. The number of benzene rings is 2. The molecule has 3 rings (SSSR count). The summed E-state index contributed by atoms with van der Waals surface area (Å²) >= 11 is 0. The lowest BCUT2D eigenvalue weighted by Crippen LogP contribution is -2.51. The van der Waals surface area contributed by atoms with Crippen LogP contribution in [0.4, 0.5) is 5.69 Å². The lowest BCUT2D eigenvalue weighted by molar-refractivity contribution is -0.140. The van der Waals surface area contributed by atoms with Crippen LogP contribution in [0.25, 0.3) is 11.1 Å². The zero-order valence-electron chi connectivity index (χ0n) is 15.1. The van der Waals surface area contributed by atoms with Gasteiger partial charge in [-0.3, -0.25) is 4.79 Å². The Morgan fingerprint density at radius 2 is 1.81 bits per heavy atom. The molecule has 1 aliphatic heterocycles. The maximum Gasteiger partial charge on any atom is 0.256 e. The van der Waals surface area contributed by atoms with Gasteiger partial charge in [0.05, 0.1) is 7.11 Å². The van der Waals surface area contributed by atoms with Gasteiger partial charge in [-0.05, 0) is 49.7 Å². The van der Waals surface area contributed by atoms with Crippen LogP contribution in [0.3, 0.4) is 0 Å². The number of hydrogen-bond donors (Lipinski definition) is 2. The van der Waals surface area contributed by atoms with Gasteiger partial charge in [0.15, 0.2) is 0 Å². The van der Waals surface area contributed by atoms with Crippen molar-refractivity contribution in [3.8, 4) is 16.9 Å².